The molecule has 2 aliphatic rings. The van der Waals surface area contributed by atoms with Crippen LogP contribution in [-0.4, -0.2) is 89.3 Å². The highest BCUT2D eigenvalue weighted by atomic mass is 32.2. The molecule has 18 heteroatoms. The van der Waals surface area contributed by atoms with Crippen LogP contribution in [0.2, 0.25) is 0 Å². The number of oxime groups is 1. The van der Waals surface area contributed by atoms with Crippen LogP contribution in [0, 0.1) is 0 Å². The first kappa shape index (κ1) is 28.4. The van der Waals surface area contributed by atoms with Crippen molar-refractivity contribution < 1.29 is 44.1 Å². The van der Waals surface area contributed by atoms with Gasteiger partial charge in [-0.15, -0.1) is 23.1 Å². The number of hydrogen-bond donors (Lipinski definition) is 7. The monoisotopic (exact) mass is 593 g/mol. The molecular formula is C22H23N7O9S2. The molecule has 8 N–H and O–H groups in total. The summed E-state index contributed by atoms with van der Waals surface area (Å²) >= 11 is 2.24. The number of nitrogen functional groups attached to an aromatic ring is 1. The number of hydrogen-bond acceptors (Lipinski definition) is 13. The van der Waals surface area contributed by atoms with Crippen LogP contribution < -0.4 is 21.9 Å². The van der Waals surface area contributed by atoms with Crippen LogP contribution in [0.4, 0.5) is 5.13 Å². The maximum Gasteiger partial charge on any atom is 0.327 e. The number of hydrazine groups is 1. The van der Waals surface area contributed by atoms with Gasteiger partial charge < -0.3 is 36.1 Å². The fraction of sp³-hybridized carbons (Fsp3) is 0.318. The van der Waals surface area contributed by atoms with Crippen LogP contribution >= 0.6 is 23.1 Å². The Kier molecular flexibility index (Phi) is 7.74. The molecule has 0 unspecified atom stereocenters. The van der Waals surface area contributed by atoms with E-state index in [-0.39, 0.29) is 16.4 Å². The zero-order chi connectivity index (χ0) is 29.4. The van der Waals surface area contributed by atoms with Crippen LogP contribution in [0.15, 0.2) is 28.7 Å². The van der Waals surface area contributed by atoms with Gasteiger partial charge in [-0.2, -0.15) is 0 Å². The number of rotatable bonds is 8. The van der Waals surface area contributed by atoms with E-state index in [0.29, 0.717) is 0 Å². The first-order valence-corrected chi connectivity index (χ1v) is 13.1. The smallest absolute Gasteiger partial charge is 0.327 e. The summed E-state index contributed by atoms with van der Waals surface area (Å²) in [5.41, 5.74) is 9.34. The number of aromatic hydroxyl groups is 2. The third-order valence-corrected chi connectivity index (χ3v) is 8.09. The topological polar surface area (TPSA) is 246 Å². The molecule has 0 bridgehead atoms. The molecule has 40 heavy (non-hydrogen) atoms. The van der Waals surface area contributed by atoms with Crippen molar-refractivity contribution in [1.29, 1.82) is 0 Å². The Morgan fingerprint density at radius 3 is 2.55 bits per heavy atom. The van der Waals surface area contributed by atoms with Gasteiger partial charge >= 0.3 is 5.97 Å². The molecule has 4 amide bonds. The molecule has 1 aromatic heterocycles. The number of phenolic OH excluding ortho intramolecular Hbond substituents is 2. The molecule has 2 saturated heterocycles. The second-order valence-electron chi connectivity index (χ2n) is 9.04. The van der Waals surface area contributed by atoms with Crippen molar-refractivity contribution in [3.8, 4) is 11.5 Å². The number of amides is 4. The normalized spacial score (nSPS) is 21.1. The van der Waals surface area contributed by atoms with E-state index >= 15 is 0 Å². The quantitative estimate of drug-likeness (QED) is 0.0839. The minimum Gasteiger partial charge on any atom is -0.504 e. The summed E-state index contributed by atoms with van der Waals surface area (Å²) in [4.78, 5) is 71.9. The average molecular weight is 594 g/mol. The summed E-state index contributed by atoms with van der Waals surface area (Å²) < 4.78 is -0.791. The number of benzene rings is 1. The SMILES string of the molecule is CC1(C)S[C@@H]2[C@H](NC(=O)C(=NOCC(=O)NNC(=O)c3ccc(O)c(O)c3)c3csc(N)n3)C(=O)N2[C@H]1C(=O)O. The number of carbonyl (C=O) groups is 5. The van der Waals surface area contributed by atoms with E-state index in [2.05, 4.69) is 26.3 Å². The number of fused-ring (bicyclic) bond motifs is 1. The molecule has 1 aromatic carbocycles. The lowest BCUT2D eigenvalue weighted by atomic mass is 9.96. The molecule has 0 spiro atoms. The highest BCUT2D eigenvalue weighted by Crippen LogP contribution is 2.50. The number of carbonyl (C=O) groups excluding carboxylic acids is 4. The maximum atomic E-state index is 13.1. The number of carboxylic acid groups (broad SMARTS) is 1. The fourth-order valence-electron chi connectivity index (χ4n) is 4.01. The third-order valence-electron chi connectivity index (χ3n) is 5.85. The number of β-lactam (4-membered cyclic amide) rings is 1. The number of aliphatic carboxylic acids is 1. The van der Waals surface area contributed by atoms with E-state index in [1.807, 2.05) is 0 Å². The van der Waals surface area contributed by atoms with E-state index in [0.717, 1.165) is 23.5 Å². The van der Waals surface area contributed by atoms with E-state index in [1.54, 1.807) is 13.8 Å². The standard InChI is InChI=1S/C22H23N7O9S2/c1-22(2)15(20(36)37)29-18(35)14(19(29)40-22)25-17(34)13(9-7-39-21(23)24-9)28-38-6-12(32)26-27-16(33)8-3-4-10(30)11(31)5-8/h3-5,7,14-15,19,30-31H,6H2,1-2H3,(H2,23,24)(H,25,34)(H,26,32)(H,27,33)(H,36,37)/t14-,15+,19-/m1/s1. The molecule has 3 heterocycles. The van der Waals surface area contributed by atoms with Crippen molar-refractivity contribution in [2.75, 3.05) is 12.3 Å². The summed E-state index contributed by atoms with van der Waals surface area (Å²) in [6.45, 7) is 2.64. The molecule has 2 aromatic rings. The fourth-order valence-corrected chi connectivity index (χ4v) is 6.18. The lowest BCUT2D eigenvalue weighted by Gasteiger charge is -2.43. The van der Waals surface area contributed by atoms with Gasteiger partial charge in [-0.1, -0.05) is 5.16 Å². The predicted molar refractivity (Wildman–Crippen MR) is 140 cm³/mol. The number of anilines is 1. The average Bonchev–Trinajstić information content (AvgIpc) is 3.43. The Bertz CT molecular complexity index is 1430. The van der Waals surface area contributed by atoms with Gasteiger partial charge in [-0.05, 0) is 32.0 Å². The molecule has 0 radical (unpaired) electrons. The molecule has 16 nitrogen and oxygen atoms in total. The zero-order valence-corrected chi connectivity index (χ0v) is 22.4. The Hall–Kier alpha value is -4.58. The van der Waals surface area contributed by atoms with Gasteiger partial charge in [0.05, 0.1) is 0 Å². The summed E-state index contributed by atoms with van der Waals surface area (Å²) in [5, 5.41) is 35.5. The summed E-state index contributed by atoms with van der Waals surface area (Å²) in [7, 11) is 0. The van der Waals surface area contributed by atoms with Crippen LogP contribution in [0.1, 0.15) is 29.9 Å². The molecule has 212 valence electrons. The van der Waals surface area contributed by atoms with Gasteiger partial charge in [0.2, 0.25) is 5.91 Å². The lowest BCUT2D eigenvalue weighted by Crippen LogP contribution is -2.71. The van der Waals surface area contributed by atoms with E-state index in [4.69, 9.17) is 10.6 Å². The summed E-state index contributed by atoms with van der Waals surface area (Å²) in [5.74, 6) is -5.22. The molecule has 0 saturated carbocycles. The molecule has 3 atom stereocenters. The predicted octanol–water partition coefficient (Wildman–Crippen LogP) is -1.05. The number of carboxylic acids is 1. The Balaban J connectivity index is 1.38. The highest BCUT2D eigenvalue weighted by molar-refractivity contribution is 8.01. The summed E-state index contributed by atoms with van der Waals surface area (Å²) in [6, 6.07) is 1.20. The number of nitrogens with one attached hydrogen (secondary N) is 3. The largest absolute Gasteiger partial charge is 0.504 e. The number of phenols is 2. The van der Waals surface area contributed by atoms with Crippen LogP contribution in [0.5, 0.6) is 11.5 Å². The van der Waals surface area contributed by atoms with Crippen molar-refractivity contribution in [2.45, 2.75) is 36.1 Å². The Labute approximate surface area is 233 Å². The van der Waals surface area contributed by atoms with Crippen LogP contribution in [-0.2, 0) is 24.0 Å². The number of nitrogens with zero attached hydrogens (tertiary/aromatic N) is 3. The van der Waals surface area contributed by atoms with Gasteiger partial charge in [0.25, 0.3) is 17.7 Å². The number of thioether (sulfide) groups is 1. The van der Waals surface area contributed by atoms with E-state index in [9.17, 15) is 39.3 Å². The van der Waals surface area contributed by atoms with Crippen LogP contribution in [0.25, 0.3) is 0 Å². The van der Waals surface area contributed by atoms with Crippen LogP contribution in [0.3, 0.4) is 0 Å². The van der Waals surface area contributed by atoms with Gasteiger partial charge in [-0.25, -0.2) is 9.78 Å². The first-order valence-electron chi connectivity index (χ1n) is 11.4. The van der Waals surface area contributed by atoms with Gasteiger partial charge in [0.15, 0.2) is 28.9 Å². The van der Waals surface area contributed by atoms with Crippen molar-refractivity contribution in [3.05, 3.63) is 34.8 Å². The molecule has 0 aliphatic carbocycles. The lowest BCUT2D eigenvalue weighted by molar-refractivity contribution is -0.160. The minimum absolute atomic E-state index is 0.00675. The second kappa shape index (κ2) is 10.9. The minimum atomic E-state index is -1.15. The van der Waals surface area contributed by atoms with Crippen molar-refractivity contribution >= 4 is 63.5 Å². The second-order valence-corrected chi connectivity index (χ2v) is 11.7. The number of nitrogens with two attached hydrogens (primary N) is 1. The number of thiazole rings is 1. The number of aromatic nitrogens is 1. The van der Waals surface area contributed by atoms with Gasteiger partial charge in [0.1, 0.15) is 23.2 Å². The Morgan fingerprint density at radius 2 is 1.93 bits per heavy atom. The molecule has 4 rings (SSSR count). The Morgan fingerprint density at radius 1 is 1.20 bits per heavy atom. The molecule has 2 aliphatic heterocycles. The van der Waals surface area contributed by atoms with Crippen molar-refractivity contribution in [1.82, 2.24) is 26.1 Å². The first-order chi connectivity index (χ1) is 18.8. The third kappa shape index (κ3) is 5.57. The van der Waals surface area contributed by atoms with E-state index < -0.39 is 75.6 Å². The van der Waals surface area contributed by atoms with Crippen molar-refractivity contribution in [3.63, 3.8) is 0 Å². The van der Waals surface area contributed by atoms with Gasteiger partial charge in [-0.3, -0.25) is 30.0 Å². The molecular weight excluding hydrogens is 570 g/mol. The summed E-state index contributed by atoms with van der Waals surface area (Å²) in [6.07, 6.45) is 0. The van der Waals surface area contributed by atoms with E-state index in [1.165, 1.54) is 28.1 Å². The van der Waals surface area contributed by atoms with Crippen molar-refractivity contribution in [2.24, 2.45) is 5.16 Å². The van der Waals surface area contributed by atoms with Gasteiger partial charge in [0, 0.05) is 15.7 Å². The zero-order valence-electron chi connectivity index (χ0n) is 20.8. The maximum absolute atomic E-state index is 13.1. The highest BCUT2D eigenvalue weighted by Gasteiger charge is 2.64. The molecule has 2 fully saturated rings.